The van der Waals surface area contributed by atoms with Gasteiger partial charge in [-0.2, -0.15) is 0 Å². The molecule has 4 rings (SSSR count). The highest BCUT2D eigenvalue weighted by Crippen LogP contribution is 2.30. The van der Waals surface area contributed by atoms with E-state index in [0.717, 1.165) is 11.3 Å². The number of benzene rings is 2. The lowest BCUT2D eigenvalue weighted by atomic mass is 10.0. The van der Waals surface area contributed by atoms with Gasteiger partial charge in [0.25, 0.3) is 0 Å². The second-order valence-corrected chi connectivity index (χ2v) is 5.21. The molecule has 0 fully saturated rings. The fourth-order valence-electron chi connectivity index (χ4n) is 2.97. The summed E-state index contributed by atoms with van der Waals surface area (Å²) in [7, 11) is 1.95. The monoisotopic (exact) mass is 276 g/mol. The summed E-state index contributed by atoms with van der Waals surface area (Å²) < 4.78 is 5.55. The second-order valence-electron chi connectivity index (χ2n) is 5.21. The molecule has 0 saturated heterocycles. The Kier molecular flexibility index (Phi) is 2.79. The van der Waals surface area contributed by atoms with Gasteiger partial charge >= 0.3 is 0 Å². The van der Waals surface area contributed by atoms with Crippen molar-refractivity contribution < 1.29 is 4.42 Å². The van der Waals surface area contributed by atoms with Crippen molar-refractivity contribution in [1.29, 1.82) is 0 Å². The molecule has 0 radical (unpaired) electrons. The van der Waals surface area contributed by atoms with E-state index in [4.69, 9.17) is 4.42 Å². The number of nitrogens with one attached hydrogen (secondary N) is 2. The first-order chi connectivity index (χ1) is 10.4. The van der Waals surface area contributed by atoms with E-state index >= 15 is 0 Å². The molecule has 4 aromatic rings. The maximum absolute atomic E-state index is 5.55. The Hall–Kier alpha value is -2.52. The zero-order chi connectivity index (χ0) is 14.2. The quantitative estimate of drug-likeness (QED) is 0.588. The van der Waals surface area contributed by atoms with Crippen molar-refractivity contribution in [2.24, 2.45) is 0 Å². The minimum Gasteiger partial charge on any atom is -0.467 e. The average molecular weight is 276 g/mol. The molecule has 3 heteroatoms. The minimum absolute atomic E-state index is 0.0677. The van der Waals surface area contributed by atoms with E-state index in [1.165, 1.54) is 21.9 Å². The van der Waals surface area contributed by atoms with Crippen molar-refractivity contribution in [3.05, 3.63) is 72.2 Å². The fraction of sp³-hybridized carbons (Fsp3) is 0.111. The molecule has 0 saturated carbocycles. The number of hydrogen-bond donors (Lipinski definition) is 2. The van der Waals surface area contributed by atoms with Crippen LogP contribution in [0.5, 0.6) is 0 Å². The Morgan fingerprint density at radius 2 is 1.81 bits per heavy atom. The number of aromatic amines is 1. The Labute approximate surface area is 122 Å². The van der Waals surface area contributed by atoms with Crippen LogP contribution in [-0.2, 0) is 0 Å². The highest BCUT2D eigenvalue weighted by Gasteiger charge is 2.15. The van der Waals surface area contributed by atoms with Crippen LogP contribution in [0.1, 0.15) is 17.4 Å². The Morgan fingerprint density at radius 1 is 0.952 bits per heavy atom. The fourth-order valence-corrected chi connectivity index (χ4v) is 2.97. The van der Waals surface area contributed by atoms with Crippen molar-refractivity contribution in [1.82, 2.24) is 10.3 Å². The van der Waals surface area contributed by atoms with Gasteiger partial charge in [-0.15, -0.1) is 0 Å². The predicted molar refractivity (Wildman–Crippen MR) is 85.4 cm³/mol. The summed E-state index contributed by atoms with van der Waals surface area (Å²) >= 11 is 0. The van der Waals surface area contributed by atoms with E-state index in [1.54, 1.807) is 6.26 Å². The number of hydrogen-bond acceptors (Lipinski definition) is 2. The predicted octanol–water partition coefficient (Wildman–Crippen LogP) is 4.22. The van der Waals surface area contributed by atoms with Crippen LogP contribution in [0.3, 0.4) is 0 Å². The highest BCUT2D eigenvalue weighted by atomic mass is 16.3. The Morgan fingerprint density at radius 3 is 2.62 bits per heavy atom. The molecule has 2 heterocycles. The zero-order valence-electron chi connectivity index (χ0n) is 11.8. The average Bonchev–Trinajstić information content (AvgIpc) is 3.15. The molecule has 0 bridgehead atoms. The van der Waals surface area contributed by atoms with Gasteiger partial charge in [0.1, 0.15) is 5.76 Å². The maximum Gasteiger partial charge on any atom is 0.125 e. The Bertz CT molecular complexity index is 890. The summed E-state index contributed by atoms with van der Waals surface area (Å²) in [6.45, 7) is 0. The molecule has 21 heavy (non-hydrogen) atoms. The first kappa shape index (κ1) is 12.2. The zero-order valence-corrected chi connectivity index (χ0v) is 11.8. The van der Waals surface area contributed by atoms with Gasteiger partial charge in [-0.25, -0.2) is 0 Å². The van der Waals surface area contributed by atoms with Crippen LogP contribution in [0.25, 0.3) is 21.8 Å². The topological polar surface area (TPSA) is 41.0 Å². The molecule has 0 spiro atoms. The van der Waals surface area contributed by atoms with Gasteiger partial charge in [0.15, 0.2) is 0 Å². The number of aromatic nitrogens is 1. The first-order valence-electron chi connectivity index (χ1n) is 7.08. The van der Waals surface area contributed by atoms with E-state index in [0.29, 0.717) is 0 Å². The van der Waals surface area contributed by atoms with Gasteiger partial charge in [0, 0.05) is 21.8 Å². The van der Waals surface area contributed by atoms with Gasteiger partial charge in [0.2, 0.25) is 0 Å². The molecule has 2 aromatic carbocycles. The number of rotatable bonds is 3. The highest BCUT2D eigenvalue weighted by molar-refractivity contribution is 6.07. The van der Waals surface area contributed by atoms with Crippen LogP contribution in [0.15, 0.2) is 65.3 Å². The van der Waals surface area contributed by atoms with Crippen LogP contribution in [0.2, 0.25) is 0 Å². The van der Waals surface area contributed by atoms with Crippen molar-refractivity contribution in [2.75, 3.05) is 7.05 Å². The molecule has 1 atom stereocenters. The summed E-state index contributed by atoms with van der Waals surface area (Å²) in [6.07, 6.45) is 1.71. The Balaban J connectivity index is 1.91. The number of fused-ring (bicyclic) bond motifs is 3. The maximum atomic E-state index is 5.55. The van der Waals surface area contributed by atoms with Gasteiger partial charge in [-0.3, -0.25) is 0 Å². The van der Waals surface area contributed by atoms with Crippen molar-refractivity contribution >= 4 is 21.8 Å². The molecule has 2 aromatic heterocycles. The van der Waals surface area contributed by atoms with Crippen molar-refractivity contribution in [3.63, 3.8) is 0 Å². The summed E-state index contributed by atoms with van der Waals surface area (Å²) in [5.41, 5.74) is 3.53. The third-order valence-corrected chi connectivity index (χ3v) is 3.98. The first-order valence-corrected chi connectivity index (χ1v) is 7.08. The molecule has 3 nitrogen and oxygen atoms in total. The van der Waals surface area contributed by atoms with Crippen LogP contribution < -0.4 is 5.32 Å². The van der Waals surface area contributed by atoms with Crippen molar-refractivity contribution in [2.45, 2.75) is 6.04 Å². The molecule has 1 unspecified atom stereocenters. The van der Waals surface area contributed by atoms with Crippen LogP contribution >= 0.6 is 0 Å². The van der Waals surface area contributed by atoms with Gasteiger partial charge in [-0.1, -0.05) is 24.3 Å². The number of H-pyrrole nitrogens is 1. The van der Waals surface area contributed by atoms with Gasteiger partial charge in [-0.05, 0) is 42.9 Å². The molecule has 0 aliphatic carbocycles. The molecular formula is C18H16N2O. The van der Waals surface area contributed by atoms with E-state index in [1.807, 2.05) is 19.2 Å². The lowest BCUT2D eigenvalue weighted by molar-refractivity contribution is 0.463. The molecule has 104 valence electrons. The van der Waals surface area contributed by atoms with E-state index in [9.17, 15) is 0 Å². The molecule has 0 aliphatic heterocycles. The standard InChI is InChI=1S/C18H16N2O/c1-19-18(17-7-4-10-21-17)12-8-9-16-14(11-12)13-5-2-3-6-15(13)20-16/h2-11,18-20H,1H3. The summed E-state index contributed by atoms with van der Waals surface area (Å²) in [4.78, 5) is 3.45. The summed E-state index contributed by atoms with van der Waals surface area (Å²) in [5.74, 6) is 0.927. The molecule has 0 aliphatic rings. The third-order valence-electron chi connectivity index (χ3n) is 3.98. The van der Waals surface area contributed by atoms with E-state index in [-0.39, 0.29) is 6.04 Å². The lowest BCUT2D eigenvalue weighted by Gasteiger charge is -2.14. The van der Waals surface area contributed by atoms with Gasteiger partial charge in [0.05, 0.1) is 12.3 Å². The minimum atomic E-state index is 0.0677. The summed E-state index contributed by atoms with van der Waals surface area (Å²) in [6, 6.07) is 18.9. The van der Waals surface area contributed by atoms with Crippen LogP contribution in [0.4, 0.5) is 0 Å². The molecular weight excluding hydrogens is 260 g/mol. The molecule has 0 amide bonds. The third kappa shape index (κ3) is 1.94. The van der Waals surface area contributed by atoms with Crippen LogP contribution in [0, 0.1) is 0 Å². The smallest absolute Gasteiger partial charge is 0.125 e. The second kappa shape index (κ2) is 4.79. The van der Waals surface area contributed by atoms with E-state index < -0.39 is 0 Å². The van der Waals surface area contributed by atoms with Gasteiger partial charge < -0.3 is 14.7 Å². The van der Waals surface area contributed by atoms with E-state index in [2.05, 4.69) is 52.8 Å². The normalized spacial score (nSPS) is 13.0. The largest absolute Gasteiger partial charge is 0.467 e. The lowest BCUT2D eigenvalue weighted by Crippen LogP contribution is -2.16. The number of para-hydroxylation sites is 1. The summed E-state index contributed by atoms with van der Waals surface area (Å²) in [5, 5.41) is 5.82. The SMILES string of the molecule is CNC(c1ccc2[nH]c3ccccc3c2c1)c1ccco1. The molecule has 2 N–H and O–H groups in total. The number of furan rings is 1. The van der Waals surface area contributed by atoms with Crippen molar-refractivity contribution in [3.8, 4) is 0 Å². The van der Waals surface area contributed by atoms with Crippen LogP contribution in [-0.4, -0.2) is 12.0 Å².